The van der Waals surface area contributed by atoms with Crippen molar-refractivity contribution in [3.63, 3.8) is 0 Å². The maximum atomic E-state index is 2.37. The summed E-state index contributed by atoms with van der Waals surface area (Å²) >= 11 is 0. The van der Waals surface area contributed by atoms with E-state index >= 15 is 0 Å². The van der Waals surface area contributed by atoms with E-state index in [1.54, 1.807) is 0 Å². The molecule has 0 atom stereocenters. The molecular weight excluding hydrogens is 172 g/mol. The summed E-state index contributed by atoms with van der Waals surface area (Å²) in [6, 6.07) is 0.654. The Hall–Kier alpha value is -0.340. The molecule has 0 heterocycles. The van der Waals surface area contributed by atoms with E-state index in [1.807, 2.05) is 0 Å². The van der Waals surface area contributed by atoms with Crippen LogP contribution < -0.4 is 0 Å². The molecule has 0 bridgehead atoms. The molecule has 0 aromatic carbocycles. The van der Waals surface area contributed by atoms with Crippen LogP contribution in [0, 0.1) is 0 Å². The molecule has 0 saturated carbocycles. The first-order valence-electron chi connectivity index (χ1n) is 5.61. The van der Waals surface area contributed by atoms with E-state index in [9.17, 15) is 0 Å². The predicted octanol–water partition coefficient (Wildman–Crippen LogP) is 2.22. The third kappa shape index (κ3) is 7.10. The molecule has 0 saturated heterocycles. The van der Waals surface area contributed by atoms with E-state index in [0.29, 0.717) is 6.04 Å². The van der Waals surface area contributed by atoms with Gasteiger partial charge in [0.2, 0.25) is 0 Å². The zero-order valence-electron chi connectivity index (χ0n) is 10.5. The monoisotopic (exact) mass is 198 g/mol. The van der Waals surface area contributed by atoms with Gasteiger partial charge in [-0.15, -0.1) is 0 Å². The molecule has 14 heavy (non-hydrogen) atoms. The fourth-order valence-electron chi connectivity index (χ4n) is 1.04. The van der Waals surface area contributed by atoms with Crippen molar-refractivity contribution in [1.82, 2.24) is 9.80 Å². The van der Waals surface area contributed by atoms with Crippen LogP contribution in [0.3, 0.4) is 0 Å². The lowest BCUT2D eigenvalue weighted by Crippen LogP contribution is -2.26. The van der Waals surface area contributed by atoms with Crippen molar-refractivity contribution in [3.05, 3.63) is 12.2 Å². The average Bonchev–Trinajstić information content (AvgIpc) is 2.16. The molecule has 0 aromatic heterocycles. The normalized spacial score (nSPS) is 12.6. The second-order valence-corrected chi connectivity index (χ2v) is 4.19. The molecule has 0 aliphatic rings. The van der Waals surface area contributed by atoms with Crippen LogP contribution in [0.4, 0.5) is 0 Å². The van der Waals surface area contributed by atoms with E-state index in [4.69, 9.17) is 0 Å². The largest absolute Gasteiger partial charge is 0.304 e. The van der Waals surface area contributed by atoms with E-state index in [0.717, 1.165) is 26.1 Å². The first-order valence-corrected chi connectivity index (χ1v) is 5.61. The quantitative estimate of drug-likeness (QED) is 0.579. The maximum absolute atomic E-state index is 2.37. The molecule has 0 aliphatic heterocycles. The van der Waals surface area contributed by atoms with Crippen LogP contribution in [0.1, 0.15) is 27.2 Å². The van der Waals surface area contributed by atoms with Gasteiger partial charge in [0.1, 0.15) is 0 Å². The summed E-state index contributed by atoms with van der Waals surface area (Å²) in [5.41, 5.74) is 0. The fourth-order valence-corrected chi connectivity index (χ4v) is 1.04. The molecule has 0 rings (SSSR count). The summed E-state index contributed by atoms with van der Waals surface area (Å²) in [6.45, 7) is 9.99. The molecule has 0 N–H and O–H groups in total. The highest BCUT2D eigenvalue weighted by Gasteiger charge is 1.99. The van der Waals surface area contributed by atoms with Crippen LogP contribution in [0.2, 0.25) is 0 Å². The lowest BCUT2D eigenvalue weighted by molar-refractivity contribution is 0.279. The van der Waals surface area contributed by atoms with Crippen molar-refractivity contribution in [2.24, 2.45) is 0 Å². The Labute approximate surface area is 89.6 Å². The molecular formula is C12H26N2. The zero-order valence-corrected chi connectivity index (χ0v) is 10.5. The van der Waals surface area contributed by atoms with Gasteiger partial charge in [-0.05, 0) is 40.9 Å². The standard InChI is InChI=1S/C12H26N2/c1-6-13(4)10-8-7-9-11-14(5)12(2)3/h7-8,12H,6,9-11H2,1-5H3/b8-7-. The van der Waals surface area contributed by atoms with Crippen molar-refractivity contribution in [1.29, 1.82) is 0 Å². The highest BCUT2D eigenvalue weighted by molar-refractivity contribution is 4.84. The second-order valence-electron chi connectivity index (χ2n) is 4.19. The minimum Gasteiger partial charge on any atom is -0.304 e. The lowest BCUT2D eigenvalue weighted by atomic mass is 10.3. The molecule has 2 nitrogen and oxygen atoms in total. The van der Waals surface area contributed by atoms with Gasteiger partial charge in [0.25, 0.3) is 0 Å². The minimum atomic E-state index is 0.654. The fraction of sp³-hybridized carbons (Fsp3) is 0.833. The Balaban J connectivity index is 3.44. The Morgan fingerprint density at radius 1 is 1.14 bits per heavy atom. The Morgan fingerprint density at radius 3 is 2.29 bits per heavy atom. The highest BCUT2D eigenvalue weighted by atomic mass is 15.1. The van der Waals surface area contributed by atoms with Gasteiger partial charge in [0, 0.05) is 19.1 Å². The highest BCUT2D eigenvalue weighted by Crippen LogP contribution is 1.96. The SMILES string of the molecule is CCN(C)C/C=C\CCN(C)C(C)C. The van der Waals surface area contributed by atoms with Gasteiger partial charge in [-0.1, -0.05) is 19.1 Å². The molecule has 0 aromatic rings. The smallest absolute Gasteiger partial charge is 0.0160 e. The van der Waals surface area contributed by atoms with Gasteiger partial charge in [0.15, 0.2) is 0 Å². The third-order valence-corrected chi connectivity index (χ3v) is 2.65. The molecule has 0 aliphatic carbocycles. The van der Waals surface area contributed by atoms with Gasteiger partial charge in [0.05, 0.1) is 0 Å². The first-order chi connectivity index (χ1) is 6.57. The zero-order chi connectivity index (χ0) is 11.0. The van der Waals surface area contributed by atoms with Crippen LogP contribution >= 0.6 is 0 Å². The molecule has 0 amide bonds. The van der Waals surface area contributed by atoms with E-state index < -0.39 is 0 Å². The van der Waals surface area contributed by atoms with Gasteiger partial charge >= 0.3 is 0 Å². The molecule has 0 spiro atoms. The Bertz CT molecular complexity index is 152. The van der Waals surface area contributed by atoms with Crippen molar-refractivity contribution in [2.75, 3.05) is 33.7 Å². The van der Waals surface area contributed by atoms with Crippen LogP contribution in [0.5, 0.6) is 0 Å². The Kier molecular flexibility index (Phi) is 7.81. The van der Waals surface area contributed by atoms with Crippen molar-refractivity contribution >= 4 is 0 Å². The first kappa shape index (κ1) is 13.7. The topological polar surface area (TPSA) is 6.48 Å². The van der Waals surface area contributed by atoms with Crippen molar-refractivity contribution in [3.8, 4) is 0 Å². The van der Waals surface area contributed by atoms with Crippen molar-refractivity contribution < 1.29 is 0 Å². The van der Waals surface area contributed by atoms with E-state index in [2.05, 4.69) is 56.8 Å². The maximum Gasteiger partial charge on any atom is 0.0160 e. The van der Waals surface area contributed by atoms with Gasteiger partial charge in [-0.25, -0.2) is 0 Å². The van der Waals surface area contributed by atoms with Crippen LogP contribution in [0.15, 0.2) is 12.2 Å². The second kappa shape index (κ2) is 8.01. The van der Waals surface area contributed by atoms with Crippen LogP contribution in [0.25, 0.3) is 0 Å². The summed E-state index contributed by atoms with van der Waals surface area (Å²) in [7, 11) is 4.32. The summed E-state index contributed by atoms with van der Waals surface area (Å²) in [4.78, 5) is 4.66. The summed E-state index contributed by atoms with van der Waals surface area (Å²) in [6.07, 6.45) is 5.70. The molecule has 0 unspecified atom stereocenters. The average molecular weight is 198 g/mol. The molecule has 0 fully saturated rings. The number of rotatable bonds is 7. The molecule has 2 heteroatoms. The number of likely N-dealkylation sites (N-methyl/N-ethyl adjacent to an activating group) is 1. The lowest BCUT2D eigenvalue weighted by Gasteiger charge is -2.19. The summed E-state index contributed by atoms with van der Waals surface area (Å²) < 4.78 is 0. The van der Waals surface area contributed by atoms with Gasteiger partial charge in [-0.3, -0.25) is 0 Å². The molecule has 84 valence electrons. The summed E-state index contributed by atoms with van der Waals surface area (Å²) in [5.74, 6) is 0. The van der Waals surface area contributed by atoms with E-state index in [1.165, 1.54) is 0 Å². The number of nitrogens with zero attached hydrogens (tertiary/aromatic N) is 2. The van der Waals surface area contributed by atoms with E-state index in [-0.39, 0.29) is 0 Å². The third-order valence-electron chi connectivity index (χ3n) is 2.65. The minimum absolute atomic E-state index is 0.654. The number of hydrogen-bond acceptors (Lipinski definition) is 2. The van der Waals surface area contributed by atoms with Crippen molar-refractivity contribution in [2.45, 2.75) is 33.2 Å². The van der Waals surface area contributed by atoms with Crippen LogP contribution in [-0.4, -0.2) is 49.6 Å². The van der Waals surface area contributed by atoms with Crippen LogP contribution in [-0.2, 0) is 0 Å². The Morgan fingerprint density at radius 2 is 1.79 bits per heavy atom. The molecule has 0 radical (unpaired) electrons. The van der Waals surface area contributed by atoms with Gasteiger partial charge in [-0.2, -0.15) is 0 Å². The van der Waals surface area contributed by atoms with Gasteiger partial charge < -0.3 is 9.80 Å². The predicted molar refractivity (Wildman–Crippen MR) is 64.7 cm³/mol. The summed E-state index contributed by atoms with van der Waals surface area (Å²) in [5, 5.41) is 0. The number of hydrogen-bond donors (Lipinski definition) is 0.